The molecule has 0 radical (unpaired) electrons. The van der Waals surface area contributed by atoms with Crippen molar-refractivity contribution in [3.05, 3.63) is 36.3 Å². The fraction of sp³-hybridized carbons (Fsp3) is 0.357. The Bertz CT molecular complexity index is 726. The molecular weight excluding hydrogens is 252 g/mol. The Morgan fingerprint density at radius 1 is 1.35 bits per heavy atom. The Labute approximate surface area is 117 Å². The van der Waals surface area contributed by atoms with Crippen LogP contribution in [0.1, 0.15) is 18.6 Å². The van der Waals surface area contributed by atoms with Gasteiger partial charge in [0, 0.05) is 32.2 Å². The Kier molecular flexibility index (Phi) is 3.14. The first-order valence-corrected chi connectivity index (χ1v) is 6.72. The van der Waals surface area contributed by atoms with Crippen molar-refractivity contribution < 1.29 is 0 Å². The van der Waals surface area contributed by atoms with E-state index in [0.29, 0.717) is 6.54 Å². The lowest BCUT2D eigenvalue weighted by atomic mass is 10.3. The molecule has 0 spiro atoms. The lowest BCUT2D eigenvalue weighted by Crippen LogP contribution is -2.21. The minimum absolute atomic E-state index is 0.714. The molecule has 0 aliphatic carbocycles. The minimum Gasteiger partial charge on any atom is -0.357 e. The second-order valence-corrected chi connectivity index (χ2v) is 4.82. The summed E-state index contributed by atoms with van der Waals surface area (Å²) in [5.74, 6) is 2.71. The molecule has 6 heteroatoms. The van der Waals surface area contributed by atoms with E-state index in [1.165, 1.54) is 0 Å². The molecular formula is C14H18N6. The number of anilines is 1. The maximum atomic E-state index is 4.56. The number of rotatable bonds is 4. The highest BCUT2D eigenvalue weighted by atomic mass is 15.2. The van der Waals surface area contributed by atoms with Gasteiger partial charge in [-0.3, -0.25) is 0 Å². The molecule has 3 aromatic rings. The zero-order valence-corrected chi connectivity index (χ0v) is 12.0. The van der Waals surface area contributed by atoms with Crippen molar-refractivity contribution in [2.75, 3.05) is 11.9 Å². The van der Waals surface area contributed by atoms with E-state index in [9.17, 15) is 0 Å². The number of H-pyrrole nitrogens is 1. The van der Waals surface area contributed by atoms with E-state index in [4.69, 9.17) is 0 Å². The molecule has 0 saturated carbocycles. The average Bonchev–Trinajstić information content (AvgIpc) is 3.05. The van der Waals surface area contributed by atoms with Gasteiger partial charge in [-0.05, 0) is 19.9 Å². The summed E-state index contributed by atoms with van der Waals surface area (Å²) in [5, 5.41) is 0. The Morgan fingerprint density at radius 3 is 3.00 bits per heavy atom. The molecule has 0 aliphatic rings. The van der Waals surface area contributed by atoms with Gasteiger partial charge in [-0.15, -0.1) is 0 Å². The normalized spacial score (nSPS) is 11.2. The van der Waals surface area contributed by atoms with Crippen LogP contribution in [0.2, 0.25) is 0 Å². The zero-order valence-electron chi connectivity index (χ0n) is 12.0. The summed E-state index contributed by atoms with van der Waals surface area (Å²) in [7, 11) is 2.02. The summed E-state index contributed by atoms with van der Waals surface area (Å²) in [6.07, 6.45) is 5.73. The van der Waals surface area contributed by atoms with Crippen LogP contribution in [0.4, 0.5) is 5.82 Å². The highest BCUT2D eigenvalue weighted by Crippen LogP contribution is 2.22. The van der Waals surface area contributed by atoms with Crippen molar-refractivity contribution in [2.24, 2.45) is 0 Å². The van der Waals surface area contributed by atoms with Crippen LogP contribution in [-0.4, -0.2) is 31.6 Å². The third kappa shape index (κ3) is 2.13. The lowest BCUT2D eigenvalue weighted by molar-refractivity contribution is 0.683. The number of aromatic nitrogens is 5. The van der Waals surface area contributed by atoms with Gasteiger partial charge in [-0.2, -0.15) is 0 Å². The Hall–Kier alpha value is -2.37. The molecule has 0 saturated heterocycles. The molecule has 0 aliphatic heterocycles. The van der Waals surface area contributed by atoms with Gasteiger partial charge in [0.25, 0.3) is 0 Å². The van der Waals surface area contributed by atoms with Crippen molar-refractivity contribution >= 4 is 16.9 Å². The molecule has 3 heterocycles. The van der Waals surface area contributed by atoms with Crippen molar-refractivity contribution in [2.45, 2.75) is 26.9 Å². The van der Waals surface area contributed by atoms with Gasteiger partial charge in [0.15, 0.2) is 5.82 Å². The largest absolute Gasteiger partial charge is 0.357 e. The number of hydrogen-bond acceptors (Lipinski definition) is 4. The predicted octanol–water partition coefficient (Wildman–Crippen LogP) is 2.12. The topological polar surface area (TPSA) is 62.6 Å². The van der Waals surface area contributed by atoms with E-state index < -0.39 is 0 Å². The van der Waals surface area contributed by atoms with Crippen LogP contribution in [0.15, 0.2) is 24.7 Å². The number of aryl methyl sites for hydroxylation is 2. The fourth-order valence-corrected chi connectivity index (χ4v) is 2.38. The lowest BCUT2D eigenvalue weighted by Gasteiger charge is -2.19. The van der Waals surface area contributed by atoms with Gasteiger partial charge >= 0.3 is 0 Å². The fourth-order valence-electron chi connectivity index (χ4n) is 2.38. The van der Waals surface area contributed by atoms with E-state index in [2.05, 4.69) is 36.3 Å². The van der Waals surface area contributed by atoms with Crippen LogP contribution in [0.25, 0.3) is 11.0 Å². The molecule has 0 aromatic carbocycles. The van der Waals surface area contributed by atoms with Crippen LogP contribution in [0.3, 0.4) is 0 Å². The minimum atomic E-state index is 0.714. The molecule has 0 bridgehead atoms. The molecule has 104 valence electrons. The Morgan fingerprint density at radius 2 is 2.20 bits per heavy atom. The second-order valence-electron chi connectivity index (χ2n) is 4.82. The SMILES string of the molecule is CCn1ccnc1CN(C)c1nc(C)nc2cc[nH]c12. The van der Waals surface area contributed by atoms with E-state index in [1.807, 2.05) is 38.6 Å². The molecule has 0 fully saturated rings. The van der Waals surface area contributed by atoms with Gasteiger partial charge < -0.3 is 14.5 Å². The smallest absolute Gasteiger partial charge is 0.156 e. The van der Waals surface area contributed by atoms with Crippen LogP contribution in [0.5, 0.6) is 0 Å². The van der Waals surface area contributed by atoms with Gasteiger partial charge in [0.05, 0.1) is 12.1 Å². The first kappa shape index (κ1) is 12.7. The van der Waals surface area contributed by atoms with Crippen LogP contribution in [0, 0.1) is 6.92 Å². The first-order chi connectivity index (χ1) is 9.69. The second kappa shape index (κ2) is 4.96. The number of fused-ring (bicyclic) bond motifs is 1. The molecule has 0 atom stereocenters. The van der Waals surface area contributed by atoms with Gasteiger partial charge in [0.2, 0.25) is 0 Å². The Balaban J connectivity index is 1.96. The third-order valence-corrected chi connectivity index (χ3v) is 3.38. The summed E-state index contributed by atoms with van der Waals surface area (Å²) in [4.78, 5) is 18.7. The monoisotopic (exact) mass is 270 g/mol. The maximum absolute atomic E-state index is 4.56. The molecule has 20 heavy (non-hydrogen) atoms. The molecule has 6 nitrogen and oxygen atoms in total. The summed E-state index contributed by atoms with van der Waals surface area (Å²) < 4.78 is 2.14. The quantitative estimate of drug-likeness (QED) is 0.788. The highest BCUT2D eigenvalue weighted by molar-refractivity contribution is 5.86. The summed E-state index contributed by atoms with van der Waals surface area (Å²) in [6, 6.07) is 1.97. The standard InChI is InChI=1S/C14H18N6/c1-4-20-8-7-15-12(20)9-19(3)14-13-11(5-6-16-13)17-10(2)18-14/h5-8,16H,4,9H2,1-3H3. The zero-order chi connectivity index (χ0) is 14.1. The molecule has 3 rings (SSSR count). The maximum Gasteiger partial charge on any atom is 0.156 e. The summed E-state index contributed by atoms with van der Waals surface area (Å²) in [5.41, 5.74) is 1.91. The number of nitrogens with zero attached hydrogens (tertiary/aromatic N) is 5. The van der Waals surface area contributed by atoms with Crippen LogP contribution < -0.4 is 4.90 Å². The van der Waals surface area contributed by atoms with Crippen LogP contribution >= 0.6 is 0 Å². The number of aromatic amines is 1. The van der Waals surface area contributed by atoms with Crippen molar-refractivity contribution in [3.8, 4) is 0 Å². The van der Waals surface area contributed by atoms with Gasteiger partial charge in [-0.1, -0.05) is 0 Å². The van der Waals surface area contributed by atoms with Crippen LogP contribution in [-0.2, 0) is 13.1 Å². The van der Waals surface area contributed by atoms with E-state index in [0.717, 1.165) is 35.0 Å². The summed E-state index contributed by atoms with van der Waals surface area (Å²) >= 11 is 0. The molecule has 0 unspecified atom stereocenters. The predicted molar refractivity (Wildman–Crippen MR) is 78.6 cm³/mol. The molecule has 0 amide bonds. The molecule has 1 N–H and O–H groups in total. The molecule has 3 aromatic heterocycles. The van der Waals surface area contributed by atoms with E-state index in [-0.39, 0.29) is 0 Å². The average molecular weight is 270 g/mol. The van der Waals surface area contributed by atoms with Crippen molar-refractivity contribution in [3.63, 3.8) is 0 Å². The van der Waals surface area contributed by atoms with E-state index >= 15 is 0 Å². The van der Waals surface area contributed by atoms with Crippen molar-refractivity contribution in [1.82, 2.24) is 24.5 Å². The summed E-state index contributed by atoms with van der Waals surface area (Å²) in [6.45, 7) is 5.66. The van der Waals surface area contributed by atoms with E-state index in [1.54, 1.807) is 0 Å². The number of imidazole rings is 1. The third-order valence-electron chi connectivity index (χ3n) is 3.38. The van der Waals surface area contributed by atoms with Gasteiger partial charge in [0.1, 0.15) is 17.2 Å². The number of hydrogen-bond donors (Lipinski definition) is 1. The first-order valence-electron chi connectivity index (χ1n) is 6.72. The highest BCUT2D eigenvalue weighted by Gasteiger charge is 2.13. The number of nitrogens with one attached hydrogen (secondary N) is 1. The van der Waals surface area contributed by atoms with Crippen molar-refractivity contribution in [1.29, 1.82) is 0 Å². The van der Waals surface area contributed by atoms with Gasteiger partial charge in [-0.25, -0.2) is 15.0 Å².